The van der Waals surface area contributed by atoms with E-state index in [0.29, 0.717) is 0 Å². The van der Waals surface area contributed by atoms with Crippen molar-refractivity contribution in [1.82, 2.24) is 0 Å². The summed E-state index contributed by atoms with van der Waals surface area (Å²) in [6.45, 7) is 0. The quantitative estimate of drug-likeness (QED) is 0.591. The molecular formula is C11H14Ti. The minimum absolute atomic E-state index is 0. The first-order chi connectivity index (χ1) is 5.45. The molecule has 0 aromatic rings. The second kappa shape index (κ2) is 4.64. The Morgan fingerprint density at radius 1 is 0.917 bits per heavy atom. The summed E-state index contributed by atoms with van der Waals surface area (Å²) in [4.78, 5) is 0. The average molecular weight is 194 g/mol. The molecule has 0 aromatic carbocycles. The van der Waals surface area contributed by atoms with Gasteiger partial charge in [0.1, 0.15) is 0 Å². The first-order valence-electron chi connectivity index (χ1n) is 3.93. The summed E-state index contributed by atoms with van der Waals surface area (Å²) < 4.78 is 3.36. The van der Waals surface area contributed by atoms with Gasteiger partial charge in [0, 0.05) is 0 Å². The Bertz CT molecular complexity index is 239. The van der Waals surface area contributed by atoms with Gasteiger partial charge in [0.05, 0.1) is 0 Å². The third-order valence-electron chi connectivity index (χ3n) is 1.86. The summed E-state index contributed by atoms with van der Waals surface area (Å²) in [7, 11) is 0. The van der Waals surface area contributed by atoms with Gasteiger partial charge in [0.2, 0.25) is 0 Å². The van der Waals surface area contributed by atoms with E-state index in [-0.39, 0.29) is 26.6 Å². The zero-order valence-corrected chi connectivity index (χ0v) is 7.94. The van der Waals surface area contributed by atoms with Gasteiger partial charge in [-0.05, 0) is 0 Å². The number of hydrogen-bond acceptors (Lipinski definition) is 0. The topological polar surface area (TPSA) is 0 Å². The van der Waals surface area contributed by atoms with E-state index in [1.54, 1.807) is 7.76 Å². The second-order valence-electron chi connectivity index (χ2n) is 2.77. The molecular weight excluding hydrogens is 180 g/mol. The van der Waals surface area contributed by atoms with Crippen molar-refractivity contribution in [3.63, 3.8) is 0 Å². The van der Waals surface area contributed by atoms with Gasteiger partial charge in [-0.15, -0.1) is 0 Å². The van der Waals surface area contributed by atoms with Crippen LogP contribution in [0.4, 0.5) is 0 Å². The van der Waals surface area contributed by atoms with Crippen LogP contribution in [0, 0.1) is 0 Å². The average Bonchev–Trinajstić information content (AvgIpc) is 2.60. The number of rotatable bonds is 2. The zero-order valence-electron chi connectivity index (χ0n) is 6.38. The van der Waals surface area contributed by atoms with Crippen LogP contribution in [0.2, 0.25) is 0 Å². The molecule has 0 bridgehead atoms. The molecule has 0 N–H and O–H groups in total. The molecule has 0 nitrogen and oxygen atoms in total. The van der Waals surface area contributed by atoms with Crippen molar-refractivity contribution in [2.24, 2.45) is 0 Å². The molecule has 2 aliphatic carbocycles. The molecule has 12 heavy (non-hydrogen) atoms. The van der Waals surface area contributed by atoms with Crippen molar-refractivity contribution >= 4 is 0 Å². The summed E-state index contributed by atoms with van der Waals surface area (Å²) in [5.41, 5.74) is 0. The first kappa shape index (κ1) is 9.76. The maximum atomic E-state index is 2.29. The Kier molecular flexibility index (Phi) is 3.77. The number of hydrogen-bond donors (Lipinski definition) is 0. The molecule has 0 aliphatic heterocycles. The summed E-state index contributed by atoms with van der Waals surface area (Å²) in [6.07, 6.45) is 15.9. The van der Waals surface area contributed by atoms with E-state index >= 15 is 0 Å². The van der Waals surface area contributed by atoms with Crippen LogP contribution in [0.5, 0.6) is 0 Å². The molecule has 0 spiro atoms. The van der Waals surface area contributed by atoms with Crippen LogP contribution in [0.1, 0.15) is 20.3 Å². The van der Waals surface area contributed by atoms with Crippen molar-refractivity contribution in [3.8, 4) is 0 Å². The van der Waals surface area contributed by atoms with Crippen molar-refractivity contribution < 1.29 is 19.2 Å². The van der Waals surface area contributed by atoms with Crippen LogP contribution in [0.25, 0.3) is 0 Å². The van der Waals surface area contributed by atoms with Crippen molar-refractivity contribution in [3.05, 3.63) is 44.2 Å². The molecule has 0 aromatic heterocycles. The Hall–Kier alpha value is -0.326. The van der Waals surface area contributed by atoms with E-state index in [0.717, 1.165) is 0 Å². The third kappa shape index (κ3) is 2.33. The predicted molar refractivity (Wildman–Crippen MR) is 50.4 cm³/mol. The summed E-state index contributed by atoms with van der Waals surface area (Å²) in [6, 6.07) is 0. The van der Waals surface area contributed by atoms with E-state index in [9.17, 15) is 0 Å². The van der Waals surface area contributed by atoms with Crippen LogP contribution >= 0.6 is 0 Å². The fourth-order valence-electron chi connectivity index (χ4n) is 1.29. The SMILES string of the molecule is C.C1=CC[C]([Ti][C]2=CC=CC2)=C1. The van der Waals surface area contributed by atoms with Crippen molar-refractivity contribution in [2.45, 2.75) is 20.3 Å². The van der Waals surface area contributed by atoms with Gasteiger partial charge in [-0.25, -0.2) is 0 Å². The van der Waals surface area contributed by atoms with Crippen LogP contribution < -0.4 is 0 Å². The van der Waals surface area contributed by atoms with Gasteiger partial charge < -0.3 is 0 Å². The molecule has 0 heterocycles. The van der Waals surface area contributed by atoms with E-state index in [1.807, 2.05) is 0 Å². The van der Waals surface area contributed by atoms with Gasteiger partial charge in [-0.2, -0.15) is 0 Å². The van der Waals surface area contributed by atoms with Gasteiger partial charge in [0.15, 0.2) is 0 Å². The van der Waals surface area contributed by atoms with E-state index in [2.05, 4.69) is 36.5 Å². The standard InChI is InChI=1S/2C5H5.CH4.Ti/c2*1-2-4-5-3-1;;/h2*1-3H,4H2;1H4;. The molecule has 0 atom stereocenters. The first-order valence-corrected chi connectivity index (χ1v) is 5.50. The summed E-state index contributed by atoms with van der Waals surface area (Å²) in [5.74, 6) is 0. The van der Waals surface area contributed by atoms with E-state index in [4.69, 9.17) is 0 Å². The third-order valence-corrected chi connectivity index (χ3v) is 4.02. The molecule has 0 fully saturated rings. The van der Waals surface area contributed by atoms with Gasteiger partial charge in [-0.1, -0.05) is 7.43 Å². The van der Waals surface area contributed by atoms with Crippen LogP contribution in [-0.4, -0.2) is 0 Å². The number of allylic oxidation sites excluding steroid dienone is 8. The van der Waals surface area contributed by atoms with Crippen molar-refractivity contribution in [1.29, 1.82) is 0 Å². The normalized spacial score (nSPS) is 18.7. The summed E-state index contributed by atoms with van der Waals surface area (Å²) in [5, 5.41) is 0. The van der Waals surface area contributed by atoms with Crippen LogP contribution in [-0.2, 0) is 19.2 Å². The molecule has 0 radical (unpaired) electrons. The zero-order chi connectivity index (χ0) is 7.52. The van der Waals surface area contributed by atoms with Crippen LogP contribution in [0.15, 0.2) is 44.2 Å². The fraction of sp³-hybridized carbons (Fsp3) is 0.273. The molecule has 1 heteroatoms. The van der Waals surface area contributed by atoms with E-state index < -0.39 is 0 Å². The van der Waals surface area contributed by atoms with Gasteiger partial charge >= 0.3 is 76.2 Å². The Balaban J connectivity index is 0.000000720. The molecule has 2 aliphatic rings. The monoisotopic (exact) mass is 194 g/mol. The fourth-order valence-corrected chi connectivity index (χ4v) is 3.18. The molecule has 0 saturated heterocycles. The summed E-state index contributed by atoms with van der Waals surface area (Å²) >= 11 is 0.0833. The van der Waals surface area contributed by atoms with Crippen LogP contribution in [0.3, 0.4) is 0 Å². The van der Waals surface area contributed by atoms with Gasteiger partial charge in [-0.3, -0.25) is 0 Å². The molecule has 0 amide bonds. The molecule has 62 valence electrons. The van der Waals surface area contributed by atoms with Crippen molar-refractivity contribution in [2.75, 3.05) is 0 Å². The Labute approximate surface area is 83.7 Å². The Morgan fingerprint density at radius 2 is 1.42 bits per heavy atom. The maximum absolute atomic E-state index is 2.29. The second-order valence-corrected chi connectivity index (χ2v) is 5.17. The molecule has 2 rings (SSSR count). The van der Waals surface area contributed by atoms with E-state index in [1.165, 1.54) is 12.8 Å². The van der Waals surface area contributed by atoms with Gasteiger partial charge in [0.25, 0.3) is 0 Å². The predicted octanol–water partition coefficient (Wildman–Crippen LogP) is 3.39. The Morgan fingerprint density at radius 3 is 1.75 bits per heavy atom. The molecule has 0 saturated carbocycles. The minimum atomic E-state index is 0. The molecule has 0 unspecified atom stereocenters.